The van der Waals surface area contributed by atoms with Crippen LogP contribution in [0.3, 0.4) is 0 Å². The van der Waals surface area contributed by atoms with Crippen molar-refractivity contribution in [2.75, 3.05) is 0 Å². The second-order valence-electron chi connectivity index (χ2n) is 5.02. The molecule has 2 fully saturated rings. The second-order valence-corrected chi connectivity index (χ2v) is 5.02. The third-order valence-corrected chi connectivity index (χ3v) is 3.96. The Bertz CT molecular complexity index is 394. The SMILES string of the molecule is O=C(NOCc1ccccc1)C1C2CCCC21. The molecule has 0 radical (unpaired) electrons. The largest absolute Gasteiger partial charge is 0.272 e. The van der Waals surface area contributed by atoms with E-state index in [2.05, 4.69) is 5.48 Å². The lowest BCUT2D eigenvalue weighted by atomic mass is 10.1. The first-order chi connectivity index (χ1) is 8.36. The lowest BCUT2D eigenvalue weighted by Crippen LogP contribution is -2.26. The third kappa shape index (κ3) is 2.20. The molecule has 3 heteroatoms. The first kappa shape index (κ1) is 10.8. The number of hydroxylamine groups is 1. The molecule has 1 amide bonds. The molecule has 0 spiro atoms. The molecular formula is C14H17NO2. The minimum Gasteiger partial charge on any atom is -0.272 e. The summed E-state index contributed by atoms with van der Waals surface area (Å²) in [6.07, 6.45) is 3.74. The van der Waals surface area contributed by atoms with Gasteiger partial charge in [-0.1, -0.05) is 36.8 Å². The van der Waals surface area contributed by atoms with E-state index in [0.717, 1.165) is 5.56 Å². The Morgan fingerprint density at radius 1 is 1.24 bits per heavy atom. The van der Waals surface area contributed by atoms with Crippen LogP contribution in [0.2, 0.25) is 0 Å². The number of amides is 1. The highest BCUT2D eigenvalue weighted by molar-refractivity contribution is 5.81. The summed E-state index contributed by atoms with van der Waals surface area (Å²) in [4.78, 5) is 17.0. The summed E-state index contributed by atoms with van der Waals surface area (Å²) in [5.74, 6) is 1.61. The lowest BCUT2D eigenvalue weighted by Gasteiger charge is -2.06. The van der Waals surface area contributed by atoms with Crippen LogP contribution in [0.25, 0.3) is 0 Å². The molecule has 3 nitrogen and oxygen atoms in total. The van der Waals surface area contributed by atoms with Gasteiger partial charge in [-0.2, -0.15) is 0 Å². The normalized spacial score (nSPS) is 29.8. The molecule has 1 aromatic rings. The van der Waals surface area contributed by atoms with Gasteiger partial charge in [0, 0.05) is 5.92 Å². The zero-order valence-corrected chi connectivity index (χ0v) is 9.76. The molecule has 0 saturated heterocycles. The van der Waals surface area contributed by atoms with Crippen LogP contribution in [0.4, 0.5) is 0 Å². The highest BCUT2D eigenvalue weighted by Crippen LogP contribution is 2.57. The highest BCUT2D eigenvalue weighted by atomic mass is 16.6. The molecule has 90 valence electrons. The molecule has 0 heterocycles. The Morgan fingerprint density at radius 3 is 2.65 bits per heavy atom. The summed E-state index contributed by atoms with van der Waals surface area (Å²) < 4.78 is 0. The van der Waals surface area contributed by atoms with Crippen LogP contribution in [0, 0.1) is 17.8 Å². The number of benzene rings is 1. The molecule has 2 atom stereocenters. The minimum absolute atomic E-state index is 0.0793. The average Bonchev–Trinajstić information content (AvgIpc) is 2.84. The van der Waals surface area contributed by atoms with Crippen molar-refractivity contribution in [3.8, 4) is 0 Å². The van der Waals surface area contributed by atoms with E-state index in [9.17, 15) is 4.79 Å². The zero-order chi connectivity index (χ0) is 11.7. The van der Waals surface area contributed by atoms with Crippen LogP contribution < -0.4 is 5.48 Å². The van der Waals surface area contributed by atoms with Crippen molar-refractivity contribution < 1.29 is 9.63 Å². The van der Waals surface area contributed by atoms with Crippen molar-refractivity contribution in [1.82, 2.24) is 5.48 Å². The zero-order valence-electron chi connectivity index (χ0n) is 9.76. The van der Waals surface area contributed by atoms with Crippen molar-refractivity contribution in [2.45, 2.75) is 25.9 Å². The number of carbonyl (C=O) groups is 1. The van der Waals surface area contributed by atoms with E-state index >= 15 is 0 Å². The molecule has 1 N–H and O–H groups in total. The van der Waals surface area contributed by atoms with Crippen LogP contribution in [0.5, 0.6) is 0 Å². The Balaban J connectivity index is 1.42. The van der Waals surface area contributed by atoms with Gasteiger partial charge in [-0.05, 0) is 30.2 Å². The molecule has 2 aliphatic carbocycles. The van der Waals surface area contributed by atoms with Crippen LogP contribution in [-0.2, 0) is 16.2 Å². The van der Waals surface area contributed by atoms with Crippen LogP contribution in [-0.4, -0.2) is 5.91 Å². The predicted molar refractivity (Wildman–Crippen MR) is 63.7 cm³/mol. The van der Waals surface area contributed by atoms with Crippen LogP contribution in [0.1, 0.15) is 24.8 Å². The van der Waals surface area contributed by atoms with Crippen molar-refractivity contribution in [1.29, 1.82) is 0 Å². The van der Waals surface area contributed by atoms with E-state index in [1.54, 1.807) is 0 Å². The number of nitrogens with one attached hydrogen (secondary N) is 1. The summed E-state index contributed by atoms with van der Waals surface area (Å²) in [7, 11) is 0. The molecule has 17 heavy (non-hydrogen) atoms. The Labute approximate surface area is 101 Å². The number of hydrogen-bond donors (Lipinski definition) is 1. The van der Waals surface area contributed by atoms with E-state index in [4.69, 9.17) is 4.84 Å². The molecule has 3 rings (SSSR count). The van der Waals surface area contributed by atoms with Crippen molar-refractivity contribution in [2.24, 2.45) is 17.8 Å². The first-order valence-corrected chi connectivity index (χ1v) is 6.32. The van der Waals surface area contributed by atoms with Gasteiger partial charge in [-0.25, -0.2) is 5.48 Å². The summed E-state index contributed by atoms with van der Waals surface area (Å²) in [6.45, 7) is 0.439. The van der Waals surface area contributed by atoms with E-state index in [0.29, 0.717) is 18.4 Å². The maximum atomic E-state index is 11.8. The maximum Gasteiger partial charge on any atom is 0.247 e. The molecular weight excluding hydrogens is 214 g/mol. The number of hydrogen-bond acceptors (Lipinski definition) is 2. The average molecular weight is 231 g/mol. The quantitative estimate of drug-likeness (QED) is 0.807. The Kier molecular flexibility index (Phi) is 2.85. The lowest BCUT2D eigenvalue weighted by molar-refractivity contribution is -0.136. The van der Waals surface area contributed by atoms with Crippen molar-refractivity contribution >= 4 is 5.91 Å². The van der Waals surface area contributed by atoms with Crippen LogP contribution in [0.15, 0.2) is 30.3 Å². The summed E-state index contributed by atoms with van der Waals surface area (Å²) in [6, 6.07) is 9.86. The molecule has 0 aromatic heterocycles. The molecule has 1 aromatic carbocycles. The minimum atomic E-state index is 0.0793. The van der Waals surface area contributed by atoms with Gasteiger partial charge in [0.25, 0.3) is 0 Å². The van der Waals surface area contributed by atoms with Gasteiger partial charge in [0.2, 0.25) is 5.91 Å². The van der Waals surface area contributed by atoms with E-state index < -0.39 is 0 Å². The van der Waals surface area contributed by atoms with Crippen molar-refractivity contribution in [3.05, 3.63) is 35.9 Å². The highest BCUT2D eigenvalue weighted by Gasteiger charge is 2.56. The van der Waals surface area contributed by atoms with E-state index in [1.165, 1.54) is 19.3 Å². The van der Waals surface area contributed by atoms with Gasteiger partial charge in [0.05, 0.1) is 6.61 Å². The summed E-state index contributed by atoms with van der Waals surface area (Å²) in [5, 5.41) is 0. The standard InChI is InChI=1S/C14H17NO2/c16-14(13-11-7-4-8-12(11)13)15-17-9-10-5-2-1-3-6-10/h1-3,5-6,11-13H,4,7-9H2,(H,15,16). The molecule has 2 saturated carbocycles. The van der Waals surface area contributed by atoms with Gasteiger partial charge in [-0.15, -0.1) is 0 Å². The fourth-order valence-electron chi connectivity index (χ4n) is 3.04. The smallest absolute Gasteiger partial charge is 0.247 e. The monoisotopic (exact) mass is 231 g/mol. The van der Waals surface area contributed by atoms with E-state index in [-0.39, 0.29) is 11.8 Å². The Hall–Kier alpha value is -1.35. The predicted octanol–water partition coefficient (Wildman–Crippen LogP) is 2.28. The second kappa shape index (κ2) is 4.49. The summed E-state index contributed by atoms with van der Waals surface area (Å²) >= 11 is 0. The molecule has 2 aliphatic rings. The fourth-order valence-corrected chi connectivity index (χ4v) is 3.04. The molecule has 0 aliphatic heterocycles. The maximum absolute atomic E-state index is 11.8. The van der Waals surface area contributed by atoms with Gasteiger partial charge < -0.3 is 0 Å². The summed E-state index contributed by atoms with van der Waals surface area (Å²) in [5.41, 5.74) is 3.66. The van der Waals surface area contributed by atoms with E-state index in [1.807, 2.05) is 30.3 Å². The van der Waals surface area contributed by atoms with Gasteiger partial charge in [0.1, 0.15) is 0 Å². The van der Waals surface area contributed by atoms with Gasteiger partial charge >= 0.3 is 0 Å². The Morgan fingerprint density at radius 2 is 1.94 bits per heavy atom. The number of carbonyl (C=O) groups excluding carboxylic acids is 1. The molecule has 0 bridgehead atoms. The topological polar surface area (TPSA) is 38.3 Å². The first-order valence-electron chi connectivity index (χ1n) is 6.32. The number of rotatable bonds is 4. The number of fused-ring (bicyclic) bond motifs is 1. The molecule has 2 unspecified atom stereocenters. The van der Waals surface area contributed by atoms with Gasteiger partial charge in [0.15, 0.2) is 0 Å². The van der Waals surface area contributed by atoms with Crippen molar-refractivity contribution in [3.63, 3.8) is 0 Å². The van der Waals surface area contributed by atoms with Crippen LogP contribution >= 0.6 is 0 Å². The fraction of sp³-hybridized carbons (Fsp3) is 0.500. The van der Waals surface area contributed by atoms with Gasteiger partial charge in [-0.3, -0.25) is 9.63 Å². The third-order valence-electron chi connectivity index (χ3n) is 3.96.